The number of benzene rings is 3. The summed E-state index contributed by atoms with van der Waals surface area (Å²) in [7, 11) is 0. The van der Waals surface area contributed by atoms with E-state index in [0.717, 1.165) is 22.9 Å². The first-order valence-corrected chi connectivity index (χ1v) is 12.9. The molecule has 0 spiro atoms. The number of para-hydroxylation sites is 1. The topological polar surface area (TPSA) is 103 Å². The monoisotopic (exact) mass is 514 g/mol. The molecule has 0 heterocycles. The van der Waals surface area contributed by atoms with Gasteiger partial charge in [-0.2, -0.15) is 5.26 Å². The van der Waals surface area contributed by atoms with Gasteiger partial charge in [0, 0.05) is 11.4 Å². The van der Waals surface area contributed by atoms with E-state index in [4.69, 9.17) is 4.74 Å². The number of hydrogen-bond donors (Lipinski definition) is 3. The average Bonchev–Trinajstić information content (AvgIpc) is 2.90. The molecular formula is C29H30N4O3S. The number of nitrogens with one attached hydrogen (secondary N) is 3. The predicted molar refractivity (Wildman–Crippen MR) is 149 cm³/mol. The Hall–Kier alpha value is -4.22. The van der Waals surface area contributed by atoms with Crippen LogP contribution in [0.2, 0.25) is 0 Å². The number of nitrogens with zero attached hydrogens (tertiary/aromatic N) is 1. The number of carbonyl (C=O) groups excluding carboxylic acids is 2. The lowest BCUT2D eigenvalue weighted by Gasteiger charge is -2.16. The number of anilines is 2. The molecule has 0 aliphatic carbocycles. The van der Waals surface area contributed by atoms with E-state index in [0.29, 0.717) is 23.7 Å². The Morgan fingerprint density at radius 2 is 1.65 bits per heavy atom. The molecule has 0 bridgehead atoms. The fourth-order valence-corrected chi connectivity index (χ4v) is 4.28. The predicted octanol–water partition coefficient (Wildman–Crippen LogP) is 5.79. The van der Waals surface area contributed by atoms with E-state index in [1.54, 1.807) is 30.3 Å². The van der Waals surface area contributed by atoms with Crippen molar-refractivity contribution in [3.63, 3.8) is 0 Å². The first-order chi connectivity index (χ1) is 17.9. The minimum absolute atomic E-state index is 0.0133. The number of nitriles is 1. The van der Waals surface area contributed by atoms with E-state index in [1.165, 1.54) is 0 Å². The van der Waals surface area contributed by atoms with Crippen molar-refractivity contribution < 1.29 is 14.3 Å². The molecular weight excluding hydrogens is 484 g/mol. The number of carbonyl (C=O) groups is 2. The number of amides is 2. The lowest BCUT2D eigenvalue weighted by molar-refractivity contribution is -0.119. The third kappa shape index (κ3) is 8.16. The Morgan fingerprint density at radius 1 is 0.973 bits per heavy atom. The molecule has 190 valence electrons. The number of hydrogen-bond acceptors (Lipinski definition) is 6. The number of rotatable bonds is 11. The highest BCUT2D eigenvalue weighted by Gasteiger charge is 2.19. The summed E-state index contributed by atoms with van der Waals surface area (Å²) in [5.74, 6) is -0.0580. The van der Waals surface area contributed by atoms with Crippen LogP contribution in [-0.2, 0) is 9.59 Å². The van der Waals surface area contributed by atoms with Crippen LogP contribution in [0.15, 0.2) is 89.5 Å². The van der Waals surface area contributed by atoms with Crippen molar-refractivity contribution in [2.45, 2.75) is 26.8 Å². The molecule has 0 fully saturated rings. The van der Waals surface area contributed by atoms with Crippen molar-refractivity contribution in [3.05, 3.63) is 101 Å². The highest BCUT2D eigenvalue weighted by molar-refractivity contribution is 8.03. The van der Waals surface area contributed by atoms with Crippen LogP contribution in [0.1, 0.15) is 31.0 Å². The second-order valence-electron chi connectivity index (χ2n) is 8.16. The van der Waals surface area contributed by atoms with Gasteiger partial charge < -0.3 is 20.7 Å². The Balaban J connectivity index is 1.81. The first-order valence-electron chi connectivity index (χ1n) is 11.9. The molecule has 7 nitrogen and oxygen atoms in total. The van der Waals surface area contributed by atoms with E-state index in [9.17, 15) is 14.9 Å². The summed E-state index contributed by atoms with van der Waals surface area (Å²) < 4.78 is 5.49. The molecule has 0 saturated heterocycles. The Morgan fingerprint density at radius 3 is 2.30 bits per heavy atom. The molecule has 0 radical (unpaired) electrons. The van der Waals surface area contributed by atoms with E-state index in [1.807, 2.05) is 75.4 Å². The third-order valence-corrected chi connectivity index (χ3v) is 6.41. The average molecular weight is 515 g/mol. The summed E-state index contributed by atoms with van der Waals surface area (Å²) in [6, 6.07) is 26.0. The SMILES string of the molecule is CCOc1ccc(N/C(SCC(=O)N[C@@H](C)c2ccccc2)=C(/C#N)C(=O)Nc2ccccc2C)cc1. The van der Waals surface area contributed by atoms with Gasteiger partial charge in [-0.05, 0) is 62.2 Å². The molecule has 3 rings (SSSR count). The summed E-state index contributed by atoms with van der Waals surface area (Å²) in [5.41, 5.74) is 3.00. The highest BCUT2D eigenvalue weighted by Crippen LogP contribution is 2.26. The van der Waals surface area contributed by atoms with Gasteiger partial charge in [0.15, 0.2) is 0 Å². The van der Waals surface area contributed by atoms with Gasteiger partial charge in [0.25, 0.3) is 5.91 Å². The summed E-state index contributed by atoms with van der Waals surface area (Å²) in [6.45, 7) is 6.22. The van der Waals surface area contributed by atoms with Crippen LogP contribution >= 0.6 is 11.8 Å². The molecule has 0 unspecified atom stereocenters. The maximum Gasteiger partial charge on any atom is 0.269 e. The number of ether oxygens (including phenoxy) is 1. The van der Waals surface area contributed by atoms with Gasteiger partial charge in [0.05, 0.1) is 23.4 Å². The zero-order chi connectivity index (χ0) is 26.6. The van der Waals surface area contributed by atoms with Crippen LogP contribution in [0.4, 0.5) is 11.4 Å². The molecule has 2 amide bonds. The fourth-order valence-electron chi connectivity index (χ4n) is 3.45. The Kier molecular flexibility index (Phi) is 10.2. The van der Waals surface area contributed by atoms with Crippen molar-refractivity contribution in [1.82, 2.24) is 5.32 Å². The van der Waals surface area contributed by atoms with Crippen molar-refractivity contribution >= 4 is 35.0 Å². The number of thioether (sulfide) groups is 1. The molecule has 3 aromatic carbocycles. The smallest absolute Gasteiger partial charge is 0.269 e. The summed E-state index contributed by atoms with van der Waals surface area (Å²) in [6.07, 6.45) is 0. The number of aryl methyl sites for hydroxylation is 1. The van der Waals surface area contributed by atoms with Crippen molar-refractivity contribution in [3.8, 4) is 11.8 Å². The lowest BCUT2D eigenvalue weighted by Crippen LogP contribution is -2.28. The van der Waals surface area contributed by atoms with Crippen LogP contribution < -0.4 is 20.7 Å². The van der Waals surface area contributed by atoms with Gasteiger partial charge in [-0.25, -0.2) is 0 Å². The van der Waals surface area contributed by atoms with Gasteiger partial charge in [-0.1, -0.05) is 60.3 Å². The minimum Gasteiger partial charge on any atom is -0.494 e. The molecule has 0 aromatic heterocycles. The van der Waals surface area contributed by atoms with Crippen molar-refractivity contribution in [2.24, 2.45) is 0 Å². The normalized spacial score (nSPS) is 11.9. The molecule has 3 N–H and O–H groups in total. The third-order valence-electron chi connectivity index (χ3n) is 5.41. The van der Waals surface area contributed by atoms with Crippen LogP contribution in [0, 0.1) is 18.3 Å². The Labute approximate surface area is 221 Å². The largest absolute Gasteiger partial charge is 0.494 e. The van der Waals surface area contributed by atoms with Gasteiger partial charge in [0.2, 0.25) is 5.91 Å². The van der Waals surface area contributed by atoms with Gasteiger partial charge >= 0.3 is 0 Å². The van der Waals surface area contributed by atoms with Crippen molar-refractivity contribution in [2.75, 3.05) is 23.0 Å². The minimum atomic E-state index is -0.559. The van der Waals surface area contributed by atoms with E-state index in [-0.39, 0.29) is 28.3 Å². The van der Waals surface area contributed by atoms with Gasteiger partial charge in [-0.15, -0.1) is 0 Å². The molecule has 0 aliphatic rings. The van der Waals surface area contributed by atoms with E-state index in [2.05, 4.69) is 16.0 Å². The quantitative estimate of drug-likeness (QED) is 0.221. The van der Waals surface area contributed by atoms with Crippen LogP contribution in [0.5, 0.6) is 5.75 Å². The second-order valence-corrected chi connectivity index (χ2v) is 9.14. The zero-order valence-electron chi connectivity index (χ0n) is 21.1. The standard InChI is InChI=1S/C29H30N4O3S/c1-4-36-24-16-14-23(15-17-24)32-29(25(18-30)28(35)33-26-13-9-8-10-20(26)2)37-19-27(34)31-21(3)22-11-6-5-7-12-22/h5-17,21,32H,4,19H2,1-3H3,(H,31,34)(H,33,35)/b29-25+/t21-/m0/s1. The molecule has 3 aromatic rings. The zero-order valence-corrected chi connectivity index (χ0v) is 21.9. The highest BCUT2D eigenvalue weighted by atomic mass is 32.2. The Bertz CT molecular complexity index is 1280. The van der Waals surface area contributed by atoms with E-state index < -0.39 is 5.91 Å². The van der Waals surface area contributed by atoms with E-state index >= 15 is 0 Å². The summed E-state index contributed by atoms with van der Waals surface area (Å²) in [4.78, 5) is 25.8. The second kappa shape index (κ2) is 13.8. The van der Waals surface area contributed by atoms with Crippen LogP contribution in [0.3, 0.4) is 0 Å². The van der Waals surface area contributed by atoms with Gasteiger partial charge in [-0.3, -0.25) is 9.59 Å². The fraction of sp³-hybridized carbons (Fsp3) is 0.207. The maximum atomic E-state index is 13.1. The summed E-state index contributed by atoms with van der Waals surface area (Å²) >= 11 is 1.09. The lowest BCUT2D eigenvalue weighted by atomic mass is 10.1. The molecule has 37 heavy (non-hydrogen) atoms. The van der Waals surface area contributed by atoms with Crippen LogP contribution in [0.25, 0.3) is 0 Å². The molecule has 0 aliphatic heterocycles. The van der Waals surface area contributed by atoms with Crippen molar-refractivity contribution in [1.29, 1.82) is 5.26 Å². The molecule has 8 heteroatoms. The van der Waals surface area contributed by atoms with Crippen LogP contribution in [-0.4, -0.2) is 24.2 Å². The summed E-state index contributed by atoms with van der Waals surface area (Å²) in [5, 5.41) is 19.1. The molecule has 1 atom stereocenters. The molecule has 0 saturated carbocycles. The first kappa shape index (κ1) is 27.4. The maximum absolute atomic E-state index is 13.1. The van der Waals surface area contributed by atoms with Gasteiger partial charge in [0.1, 0.15) is 17.4 Å².